The van der Waals surface area contributed by atoms with Crippen LogP contribution in [0.5, 0.6) is 0 Å². The lowest BCUT2D eigenvalue weighted by atomic mass is 10.1. The predicted octanol–water partition coefficient (Wildman–Crippen LogP) is 4.68. The molecular weight excluding hydrogens is 419 g/mol. The summed E-state index contributed by atoms with van der Waals surface area (Å²) >= 11 is 0. The SMILES string of the molecule is COC(=O)c1ccccc1Nc1ncnc(Nc2ccccc2C(F)(F)F)c1[N+](=O)[O-]. The number of carbonyl (C=O) groups is 1. The van der Waals surface area contributed by atoms with E-state index in [1.807, 2.05) is 0 Å². The van der Waals surface area contributed by atoms with Gasteiger partial charge in [0.25, 0.3) is 0 Å². The van der Waals surface area contributed by atoms with Gasteiger partial charge in [0.05, 0.1) is 34.5 Å². The minimum absolute atomic E-state index is 0.0786. The second-order valence-electron chi connectivity index (χ2n) is 6.01. The number of ether oxygens (including phenoxy) is 1. The van der Waals surface area contributed by atoms with Gasteiger partial charge in [0.2, 0.25) is 11.6 Å². The molecule has 1 aromatic heterocycles. The quantitative estimate of drug-likeness (QED) is 0.327. The number of hydrogen-bond donors (Lipinski definition) is 2. The van der Waals surface area contributed by atoms with E-state index in [2.05, 4.69) is 25.3 Å². The first-order valence-corrected chi connectivity index (χ1v) is 8.59. The molecular formula is C19H14F3N5O4. The van der Waals surface area contributed by atoms with Crippen molar-refractivity contribution in [3.8, 4) is 0 Å². The summed E-state index contributed by atoms with van der Waals surface area (Å²) in [6.07, 6.45) is -3.75. The molecule has 0 radical (unpaired) electrons. The van der Waals surface area contributed by atoms with Crippen LogP contribution < -0.4 is 10.6 Å². The van der Waals surface area contributed by atoms with Crippen molar-refractivity contribution in [2.75, 3.05) is 17.7 Å². The molecule has 12 heteroatoms. The fraction of sp³-hybridized carbons (Fsp3) is 0.105. The maximum Gasteiger partial charge on any atom is 0.418 e. The number of nitro groups is 1. The van der Waals surface area contributed by atoms with Crippen molar-refractivity contribution in [2.45, 2.75) is 6.18 Å². The van der Waals surface area contributed by atoms with Crippen LogP contribution in [0.15, 0.2) is 54.9 Å². The first-order valence-electron chi connectivity index (χ1n) is 8.59. The molecule has 31 heavy (non-hydrogen) atoms. The van der Waals surface area contributed by atoms with E-state index in [0.717, 1.165) is 18.5 Å². The highest BCUT2D eigenvalue weighted by Crippen LogP contribution is 2.38. The molecule has 0 aliphatic carbocycles. The molecule has 160 valence electrons. The molecule has 0 amide bonds. The summed E-state index contributed by atoms with van der Waals surface area (Å²) in [5, 5.41) is 16.7. The zero-order valence-corrected chi connectivity index (χ0v) is 15.8. The average molecular weight is 433 g/mol. The monoisotopic (exact) mass is 433 g/mol. The summed E-state index contributed by atoms with van der Waals surface area (Å²) in [5.74, 6) is -1.49. The Morgan fingerprint density at radius 1 is 1.00 bits per heavy atom. The van der Waals surface area contributed by atoms with E-state index >= 15 is 0 Å². The van der Waals surface area contributed by atoms with E-state index in [9.17, 15) is 28.1 Å². The largest absolute Gasteiger partial charge is 0.465 e. The second-order valence-corrected chi connectivity index (χ2v) is 6.01. The number of rotatable bonds is 6. The lowest BCUT2D eigenvalue weighted by Gasteiger charge is -2.15. The normalized spacial score (nSPS) is 11.0. The van der Waals surface area contributed by atoms with E-state index in [1.165, 1.54) is 31.4 Å². The molecule has 1 heterocycles. The Bertz CT molecular complexity index is 1140. The standard InChI is InChI=1S/C19H14F3N5O4/c1-31-18(28)11-6-2-4-8-13(11)25-16-15(27(29)30)17(24-10-23-16)26-14-9-5-3-7-12(14)19(20,21)22/h2-10H,1H3,(H2,23,24,25,26). The van der Waals surface area contributed by atoms with Gasteiger partial charge in [-0.25, -0.2) is 14.8 Å². The minimum atomic E-state index is -4.69. The third-order valence-electron chi connectivity index (χ3n) is 4.08. The van der Waals surface area contributed by atoms with Gasteiger partial charge < -0.3 is 15.4 Å². The van der Waals surface area contributed by atoms with Gasteiger partial charge in [-0.2, -0.15) is 13.2 Å². The van der Waals surface area contributed by atoms with Crippen molar-refractivity contribution in [1.82, 2.24) is 9.97 Å². The predicted molar refractivity (Wildman–Crippen MR) is 104 cm³/mol. The van der Waals surface area contributed by atoms with Crippen molar-refractivity contribution in [1.29, 1.82) is 0 Å². The summed E-state index contributed by atoms with van der Waals surface area (Å²) in [5.41, 5.74) is -1.92. The fourth-order valence-electron chi connectivity index (χ4n) is 2.71. The topological polar surface area (TPSA) is 119 Å². The molecule has 3 aromatic rings. The smallest absolute Gasteiger partial charge is 0.418 e. The van der Waals surface area contributed by atoms with Crippen LogP contribution >= 0.6 is 0 Å². The summed E-state index contributed by atoms with van der Waals surface area (Å²) in [7, 11) is 1.17. The molecule has 9 nitrogen and oxygen atoms in total. The van der Waals surface area contributed by atoms with Gasteiger partial charge in [0.1, 0.15) is 6.33 Å². The Morgan fingerprint density at radius 2 is 1.55 bits per heavy atom. The maximum atomic E-state index is 13.3. The number of aromatic nitrogens is 2. The van der Waals surface area contributed by atoms with Crippen LogP contribution in [0.3, 0.4) is 0 Å². The number of hydrogen-bond acceptors (Lipinski definition) is 8. The van der Waals surface area contributed by atoms with Crippen molar-refractivity contribution in [3.05, 3.63) is 76.1 Å². The number of nitrogens with one attached hydrogen (secondary N) is 2. The minimum Gasteiger partial charge on any atom is -0.465 e. The van der Waals surface area contributed by atoms with Gasteiger partial charge in [-0.15, -0.1) is 0 Å². The number of benzene rings is 2. The van der Waals surface area contributed by atoms with Gasteiger partial charge in [0, 0.05) is 0 Å². The molecule has 0 fully saturated rings. The van der Waals surface area contributed by atoms with E-state index in [1.54, 1.807) is 12.1 Å². The lowest BCUT2D eigenvalue weighted by Crippen LogP contribution is -2.11. The third kappa shape index (κ3) is 4.69. The Morgan fingerprint density at radius 3 is 2.13 bits per heavy atom. The van der Waals surface area contributed by atoms with Crippen molar-refractivity contribution >= 4 is 34.7 Å². The fourth-order valence-corrected chi connectivity index (χ4v) is 2.71. The maximum absolute atomic E-state index is 13.3. The molecule has 2 aromatic carbocycles. The van der Waals surface area contributed by atoms with Gasteiger partial charge in [-0.3, -0.25) is 10.1 Å². The van der Waals surface area contributed by atoms with E-state index < -0.39 is 39.8 Å². The second kappa shape index (κ2) is 8.65. The average Bonchev–Trinajstić information content (AvgIpc) is 2.73. The molecule has 0 atom stereocenters. The van der Waals surface area contributed by atoms with E-state index in [4.69, 9.17) is 0 Å². The number of anilines is 4. The Labute approximate surface area is 173 Å². The van der Waals surface area contributed by atoms with Crippen LogP contribution in [-0.4, -0.2) is 28.0 Å². The number of methoxy groups -OCH3 is 1. The molecule has 2 N–H and O–H groups in total. The number of nitrogens with zero attached hydrogens (tertiary/aromatic N) is 3. The summed E-state index contributed by atoms with van der Waals surface area (Å²) in [6.45, 7) is 0. The molecule has 0 saturated carbocycles. The number of carbonyl (C=O) groups excluding carboxylic acids is 1. The number of halogens is 3. The highest BCUT2D eigenvalue weighted by atomic mass is 19.4. The van der Waals surface area contributed by atoms with Gasteiger partial charge in [-0.05, 0) is 24.3 Å². The highest BCUT2D eigenvalue weighted by molar-refractivity contribution is 5.96. The van der Waals surface area contributed by atoms with Crippen LogP contribution in [-0.2, 0) is 10.9 Å². The zero-order chi connectivity index (χ0) is 22.6. The Balaban J connectivity index is 2.05. The van der Waals surface area contributed by atoms with Crippen LogP contribution in [0, 0.1) is 10.1 Å². The van der Waals surface area contributed by atoms with Crippen LogP contribution in [0.1, 0.15) is 15.9 Å². The van der Waals surface area contributed by atoms with Crippen LogP contribution in [0.2, 0.25) is 0 Å². The third-order valence-corrected chi connectivity index (χ3v) is 4.08. The number of alkyl halides is 3. The summed E-state index contributed by atoms with van der Waals surface area (Å²) in [4.78, 5) is 30.3. The number of esters is 1. The van der Waals surface area contributed by atoms with Gasteiger partial charge in [0.15, 0.2) is 0 Å². The van der Waals surface area contributed by atoms with Crippen molar-refractivity contribution in [3.63, 3.8) is 0 Å². The van der Waals surface area contributed by atoms with E-state index in [-0.39, 0.29) is 17.1 Å². The Hall–Kier alpha value is -4.22. The summed E-state index contributed by atoms with van der Waals surface area (Å²) in [6, 6.07) is 10.5. The molecule has 0 aliphatic rings. The summed E-state index contributed by atoms with van der Waals surface area (Å²) < 4.78 is 44.5. The first-order chi connectivity index (χ1) is 14.7. The molecule has 0 unspecified atom stereocenters. The highest BCUT2D eigenvalue weighted by Gasteiger charge is 2.34. The van der Waals surface area contributed by atoms with E-state index in [0.29, 0.717) is 0 Å². The molecule has 0 bridgehead atoms. The van der Waals surface area contributed by atoms with Crippen molar-refractivity contribution < 1.29 is 27.6 Å². The molecule has 0 spiro atoms. The zero-order valence-electron chi connectivity index (χ0n) is 15.8. The van der Waals surface area contributed by atoms with Crippen LogP contribution in [0.4, 0.5) is 41.9 Å². The lowest BCUT2D eigenvalue weighted by molar-refractivity contribution is -0.383. The first kappa shape index (κ1) is 21.5. The van der Waals surface area contributed by atoms with Gasteiger partial charge in [-0.1, -0.05) is 24.3 Å². The molecule has 3 rings (SSSR count). The van der Waals surface area contributed by atoms with Gasteiger partial charge >= 0.3 is 17.8 Å². The molecule has 0 aliphatic heterocycles. The Kier molecular flexibility index (Phi) is 6.00. The number of para-hydroxylation sites is 2. The van der Waals surface area contributed by atoms with Crippen LogP contribution in [0.25, 0.3) is 0 Å². The molecule has 0 saturated heterocycles. The van der Waals surface area contributed by atoms with Crippen molar-refractivity contribution in [2.24, 2.45) is 0 Å².